The number of fused-ring (bicyclic) bond motifs is 1. The maximum Gasteiger partial charge on any atom is 0.124 e. The highest BCUT2D eigenvalue weighted by atomic mass is 35.5. The molecule has 1 atom stereocenters. The second-order valence-corrected chi connectivity index (χ2v) is 8.76. The maximum absolute atomic E-state index is 6.36. The molecule has 0 amide bonds. The Hall–Kier alpha value is -2.23. The van der Waals surface area contributed by atoms with Gasteiger partial charge in [-0.05, 0) is 41.0 Å². The highest BCUT2D eigenvalue weighted by Gasteiger charge is 2.14. The zero-order valence-electron chi connectivity index (χ0n) is 18.6. The summed E-state index contributed by atoms with van der Waals surface area (Å²) in [6.07, 6.45) is 2.19. The molecule has 0 saturated carbocycles. The van der Waals surface area contributed by atoms with E-state index in [1.54, 1.807) is 6.07 Å². The summed E-state index contributed by atoms with van der Waals surface area (Å²) in [6, 6.07) is 29.0. The summed E-state index contributed by atoms with van der Waals surface area (Å²) in [6.45, 7) is 3.32. The standard InChI is InChI=1S/C28H27Cl2NO.ClH/c1-2-8-27(21-10-4-3-5-11-21)31-18-25-24-12-7-6-9-20(24)14-16-28(25)32-19-22-13-15-23(29)17-26(22)30;/h3-7,9-17,27,31H,2,8,18-19H2,1H3;1H. The Morgan fingerprint density at radius 3 is 2.39 bits per heavy atom. The molecular weight excluding hydrogens is 473 g/mol. The molecule has 4 rings (SSSR count). The van der Waals surface area contributed by atoms with Crippen molar-refractivity contribution in [1.82, 2.24) is 5.32 Å². The second kappa shape index (κ2) is 12.3. The Morgan fingerprint density at radius 2 is 1.64 bits per heavy atom. The summed E-state index contributed by atoms with van der Waals surface area (Å²) in [5, 5.41) is 7.42. The van der Waals surface area contributed by atoms with Crippen LogP contribution in [0.2, 0.25) is 10.0 Å². The lowest BCUT2D eigenvalue weighted by Crippen LogP contribution is -2.21. The summed E-state index contributed by atoms with van der Waals surface area (Å²) in [4.78, 5) is 0. The predicted octanol–water partition coefficient (Wildman–Crippen LogP) is 8.78. The van der Waals surface area contributed by atoms with E-state index < -0.39 is 0 Å². The molecule has 0 spiro atoms. The van der Waals surface area contributed by atoms with Gasteiger partial charge in [-0.2, -0.15) is 0 Å². The van der Waals surface area contributed by atoms with Crippen molar-refractivity contribution < 1.29 is 4.74 Å². The molecule has 0 saturated heterocycles. The first kappa shape index (κ1) is 25.4. The van der Waals surface area contributed by atoms with Gasteiger partial charge < -0.3 is 10.1 Å². The minimum absolute atomic E-state index is 0. The van der Waals surface area contributed by atoms with Crippen LogP contribution in [0.1, 0.15) is 42.5 Å². The van der Waals surface area contributed by atoms with Crippen LogP contribution in [0, 0.1) is 0 Å². The Balaban J connectivity index is 0.00000306. The van der Waals surface area contributed by atoms with Gasteiger partial charge in [0.25, 0.3) is 0 Å². The van der Waals surface area contributed by atoms with Crippen LogP contribution in [0.25, 0.3) is 10.8 Å². The number of hydrogen-bond acceptors (Lipinski definition) is 2. The average molecular weight is 501 g/mol. The summed E-state index contributed by atoms with van der Waals surface area (Å²) in [5.74, 6) is 0.866. The molecule has 0 aromatic heterocycles. The largest absolute Gasteiger partial charge is 0.488 e. The van der Waals surface area contributed by atoms with Gasteiger partial charge in [-0.25, -0.2) is 0 Å². The van der Waals surface area contributed by atoms with Crippen LogP contribution in [-0.4, -0.2) is 0 Å². The zero-order valence-corrected chi connectivity index (χ0v) is 20.9. The van der Waals surface area contributed by atoms with Crippen LogP contribution in [0.15, 0.2) is 84.9 Å². The molecule has 0 radical (unpaired) electrons. The highest BCUT2D eigenvalue weighted by molar-refractivity contribution is 6.35. The van der Waals surface area contributed by atoms with E-state index in [0.29, 0.717) is 29.2 Å². The summed E-state index contributed by atoms with van der Waals surface area (Å²) in [7, 11) is 0. The molecule has 5 heteroatoms. The predicted molar refractivity (Wildman–Crippen MR) is 143 cm³/mol. The maximum atomic E-state index is 6.36. The van der Waals surface area contributed by atoms with Crippen molar-refractivity contribution in [3.05, 3.63) is 112 Å². The molecule has 0 bridgehead atoms. The van der Waals surface area contributed by atoms with E-state index in [9.17, 15) is 0 Å². The summed E-state index contributed by atoms with van der Waals surface area (Å²) >= 11 is 12.4. The van der Waals surface area contributed by atoms with Crippen LogP contribution < -0.4 is 10.1 Å². The zero-order chi connectivity index (χ0) is 22.3. The fourth-order valence-electron chi connectivity index (χ4n) is 4.01. The van der Waals surface area contributed by atoms with Gasteiger partial charge in [0.1, 0.15) is 12.4 Å². The van der Waals surface area contributed by atoms with Gasteiger partial charge in [-0.15, -0.1) is 12.4 Å². The number of ether oxygens (including phenoxy) is 1. The molecule has 0 heterocycles. The van der Waals surface area contributed by atoms with Crippen molar-refractivity contribution >= 4 is 46.4 Å². The van der Waals surface area contributed by atoms with Gasteiger partial charge in [0.05, 0.1) is 0 Å². The van der Waals surface area contributed by atoms with Crippen molar-refractivity contribution in [3.63, 3.8) is 0 Å². The van der Waals surface area contributed by atoms with Crippen molar-refractivity contribution in [3.8, 4) is 5.75 Å². The first-order valence-corrected chi connectivity index (χ1v) is 11.8. The van der Waals surface area contributed by atoms with Crippen LogP contribution in [0.5, 0.6) is 5.75 Å². The van der Waals surface area contributed by atoms with Crippen LogP contribution >= 0.6 is 35.6 Å². The topological polar surface area (TPSA) is 21.3 Å². The Labute approximate surface area is 212 Å². The highest BCUT2D eigenvalue weighted by Crippen LogP contribution is 2.31. The smallest absolute Gasteiger partial charge is 0.124 e. The first-order valence-electron chi connectivity index (χ1n) is 11.0. The number of benzene rings is 4. The molecule has 33 heavy (non-hydrogen) atoms. The minimum Gasteiger partial charge on any atom is -0.488 e. The van der Waals surface area contributed by atoms with Crippen LogP contribution in [-0.2, 0) is 13.2 Å². The molecule has 0 aliphatic heterocycles. The fourth-order valence-corrected chi connectivity index (χ4v) is 4.48. The number of halogens is 3. The van der Waals surface area contributed by atoms with Crippen LogP contribution in [0.4, 0.5) is 0 Å². The van der Waals surface area contributed by atoms with E-state index in [4.69, 9.17) is 27.9 Å². The Bertz CT molecular complexity index is 1180. The molecule has 0 aliphatic rings. The normalized spacial score (nSPS) is 11.7. The quantitative estimate of drug-likeness (QED) is 0.248. The van der Waals surface area contributed by atoms with Gasteiger partial charge in [0.15, 0.2) is 0 Å². The SMILES string of the molecule is CCCC(NCc1c(OCc2ccc(Cl)cc2Cl)ccc2ccccc12)c1ccccc1.Cl. The average Bonchev–Trinajstić information content (AvgIpc) is 2.82. The number of nitrogens with one attached hydrogen (secondary N) is 1. The number of rotatable bonds is 9. The lowest BCUT2D eigenvalue weighted by atomic mass is 10.00. The van der Waals surface area contributed by atoms with E-state index >= 15 is 0 Å². The molecule has 4 aromatic carbocycles. The lowest BCUT2D eigenvalue weighted by molar-refractivity contribution is 0.302. The summed E-state index contributed by atoms with van der Waals surface area (Å²) in [5.41, 5.74) is 3.38. The third-order valence-electron chi connectivity index (χ3n) is 5.70. The van der Waals surface area contributed by atoms with E-state index in [-0.39, 0.29) is 12.4 Å². The molecule has 1 unspecified atom stereocenters. The van der Waals surface area contributed by atoms with Gasteiger partial charge in [-0.1, -0.05) is 103 Å². The van der Waals surface area contributed by atoms with Crippen LogP contribution in [0.3, 0.4) is 0 Å². The Morgan fingerprint density at radius 1 is 0.879 bits per heavy atom. The second-order valence-electron chi connectivity index (χ2n) is 7.92. The molecule has 4 aromatic rings. The van der Waals surface area contributed by atoms with E-state index in [1.807, 2.05) is 12.1 Å². The monoisotopic (exact) mass is 499 g/mol. The molecule has 172 valence electrons. The summed E-state index contributed by atoms with van der Waals surface area (Å²) < 4.78 is 6.28. The lowest BCUT2D eigenvalue weighted by Gasteiger charge is -2.21. The number of hydrogen-bond donors (Lipinski definition) is 1. The fraction of sp³-hybridized carbons (Fsp3) is 0.214. The molecule has 1 N–H and O–H groups in total. The molecule has 0 aliphatic carbocycles. The van der Waals surface area contributed by atoms with Crippen molar-refractivity contribution in [1.29, 1.82) is 0 Å². The third kappa shape index (κ3) is 6.43. The Kier molecular flexibility index (Phi) is 9.46. The third-order valence-corrected chi connectivity index (χ3v) is 6.29. The van der Waals surface area contributed by atoms with Gasteiger partial charge >= 0.3 is 0 Å². The van der Waals surface area contributed by atoms with E-state index in [1.165, 1.54) is 16.3 Å². The first-order chi connectivity index (χ1) is 15.7. The molecule has 2 nitrogen and oxygen atoms in total. The van der Waals surface area contributed by atoms with Crippen molar-refractivity contribution in [2.45, 2.75) is 39.0 Å². The molecule has 0 fully saturated rings. The van der Waals surface area contributed by atoms with Gasteiger partial charge in [-0.3, -0.25) is 0 Å². The molecular formula is C28H28Cl3NO. The minimum atomic E-state index is 0. The van der Waals surface area contributed by atoms with Crippen molar-refractivity contribution in [2.24, 2.45) is 0 Å². The van der Waals surface area contributed by atoms with Crippen molar-refractivity contribution in [2.75, 3.05) is 0 Å². The van der Waals surface area contributed by atoms with E-state index in [0.717, 1.165) is 29.7 Å². The van der Waals surface area contributed by atoms with E-state index in [2.05, 4.69) is 79.0 Å². The van der Waals surface area contributed by atoms with Gasteiger partial charge in [0, 0.05) is 33.8 Å². The van der Waals surface area contributed by atoms with Gasteiger partial charge in [0.2, 0.25) is 0 Å².